The molecule has 2 unspecified atom stereocenters. The molecule has 0 amide bonds. The second-order valence-corrected chi connectivity index (χ2v) is 4.30. The van der Waals surface area contributed by atoms with E-state index in [-0.39, 0.29) is 5.54 Å². The fourth-order valence-electron chi connectivity index (χ4n) is 2.26. The van der Waals surface area contributed by atoms with Gasteiger partial charge in [0.05, 0.1) is 5.54 Å². The molecule has 1 aromatic rings. The van der Waals surface area contributed by atoms with Gasteiger partial charge in [0.25, 0.3) is 0 Å². The first-order valence-electron chi connectivity index (χ1n) is 5.29. The molecule has 0 aromatic carbocycles. The van der Waals surface area contributed by atoms with Gasteiger partial charge in [-0.05, 0) is 18.8 Å². The highest BCUT2D eigenvalue weighted by Gasteiger charge is 2.38. The van der Waals surface area contributed by atoms with E-state index in [0.717, 1.165) is 19.3 Å². The summed E-state index contributed by atoms with van der Waals surface area (Å²) in [7, 11) is 0. The molecule has 1 aliphatic rings. The summed E-state index contributed by atoms with van der Waals surface area (Å²) in [5.74, 6) is 1.11. The van der Waals surface area contributed by atoms with Crippen molar-refractivity contribution in [3.05, 3.63) is 12.2 Å². The average molecular weight is 195 g/mol. The molecule has 0 aliphatic heterocycles. The Morgan fingerprint density at radius 2 is 2.36 bits per heavy atom. The second-order valence-electron chi connectivity index (χ2n) is 4.30. The lowest BCUT2D eigenvalue weighted by atomic mass is 9.81. The van der Waals surface area contributed by atoms with Gasteiger partial charge in [0.2, 0.25) is 6.39 Å². The summed E-state index contributed by atoms with van der Waals surface area (Å²) in [6.45, 7) is 2.18. The molecular formula is C10H17N3O. The first kappa shape index (κ1) is 9.65. The Morgan fingerprint density at radius 1 is 1.50 bits per heavy atom. The lowest BCUT2D eigenvalue weighted by Crippen LogP contribution is -2.43. The van der Waals surface area contributed by atoms with E-state index in [2.05, 4.69) is 17.1 Å². The van der Waals surface area contributed by atoms with Gasteiger partial charge in [-0.25, -0.2) is 0 Å². The lowest BCUT2D eigenvalue weighted by Gasteiger charge is -2.30. The number of nitrogens with two attached hydrogens (primary N) is 1. The van der Waals surface area contributed by atoms with E-state index in [1.54, 1.807) is 0 Å². The van der Waals surface area contributed by atoms with Crippen molar-refractivity contribution in [3.8, 4) is 0 Å². The monoisotopic (exact) mass is 195 g/mol. The van der Waals surface area contributed by atoms with Crippen LogP contribution in [0.5, 0.6) is 0 Å². The van der Waals surface area contributed by atoms with Gasteiger partial charge in [-0.2, -0.15) is 4.98 Å². The summed E-state index contributed by atoms with van der Waals surface area (Å²) in [5, 5.41) is 3.89. The number of nitrogens with zero attached hydrogens (tertiary/aromatic N) is 2. The van der Waals surface area contributed by atoms with Crippen LogP contribution in [0.15, 0.2) is 10.9 Å². The van der Waals surface area contributed by atoms with E-state index in [0.29, 0.717) is 11.7 Å². The maximum Gasteiger partial charge on any atom is 0.213 e. The van der Waals surface area contributed by atoms with Crippen LogP contribution < -0.4 is 5.73 Å². The highest BCUT2D eigenvalue weighted by atomic mass is 16.5. The average Bonchev–Trinajstić information content (AvgIpc) is 2.64. The zero-order valence-corrected chi connectivity index (χ0v) is 8.57. The number of rotatable bonds is 1. The first-order chi connectivity index (χ1) is 6.73. The van der Waals surface area contributed by atoms with E-state index in [1.165, 1.54) is 19.2 Å². The minimum atomic E-state index is -0.372. The maximum atomic E-state index is 6.38. The van der Waals surface area contributed by atoms with Gasteiger partial charge in [0.1, 0.15) is 0 Å². The Kier molecular flexibility index (Phi) is 2.54. The van der Waals surface area contributed by atoms with Crippen molar-refractivity contribution in [1.82, 2.24) is 10.1 Å². The predicted molar refractivity (Wildman–Crippen MR) is 52.4 cm³/mol. The minimum Gasteiger partial charge on any atom is -0.343 e. The van der Waals surface area contributed by atoms with Crippen LogP contribution in [0.2, 0.25) is 0 Å². The molecule has 2 rings (SSSR count). The van der Waals surface area contributed by atoms with Crippen LogP contribution >= 0.6 is 0 Å². The standard InChI is InChI=1S/C10H17N3O/c1-8-5-3-2-4-6-10(8,11)9-12-7-14-13-9/h7-8H,2-6,11H2,1H3. The molecule has 1 fully saturated rings. The molecule has 0 spiro atoms. The van der Waals surface area contributed by atoms with Gasteiger partial charge in [-0.1, -0.05) is 31.3 Å². The fourth-order valence-corrected chi connectivity index (χ4v) is 2.26. The van der Waals surface area contributed by atoms with Crippen molar-refractivity contribution in [2.45, 2.75) is 44.6 Å². The van der Waals surface area contributed by atoms with Crippen molar-refractivity contribution < 1.29 is 4.52 Å². The van der Waals surface area contributed by atoms with Crippen LogP contribution in [0.3, 0.4) is 0 Å². The van der Waals surface area contributed by atoms with Crippen molar-refractivity contribution in [2.24, 2.45) is 11.7 Å². The summed E-state index contributed by atoms with van der Waals surface area (Å²) in [6.07, 6.45) is 7.18. The van der Waals surface area contributed by atoms with Crippen LogP contribution in [0.25, 0.3) is 0 Å². The molecule has 0 radical (unpaired) electrons. The second kappa shape index (κ2) is 3.69. The number of hydrogen-bond donors (Lipinski definition) is 1. The molecule has 1 aromatic heterocycles. The molecule has 1 saturated carbocycles. The summed E-state index contributed by atoms with van der Waals surface area (Å²) in [6, 6.07) is 0. The summed E-state index contributed by atoms with van der Waals surface area (Å²) in [5.41, 5.74) is 6.01. The van der Waals surface area contributed by atoms with Crippen LogP contribution in [0, 0.1) is 5.92 Å². The smallest absolute Gasteiger partial charge is 0.213 e. The highest BCUT2D eigenvalue weighted by molar-refractivity contribution is 5.05. The topological polar surface area (TPSA) is 64.9 Å². The molecule has 2 atom stereocenters. The van der Waals surface area contributed by atoms with Crippen molar-refractivity contribution in [3.63, 3.8) is 0 Å². The Hall–Kier alpha value is -0.900. The molecule has 14 heavy (non-hydrogen) atoms. The fraction of sp³-hybridized carbons (Fsp3) is 0.800. The third-order valence-corrected chi connectivity index (χ3v) is 3.38. The largest absolute Gasteiger partial charge is 0.343 e. The quantitative estimate of drug-likeness (QED) is 0.694. The van der Waals surface area contributed by atoms with Crippen LogP contribution in [0.4, 0.5) is 0 Å². The molecule has 0 bridgehead atoms. The van der Waals surface area contributed by atoms with Gasteiger partial charge in [0, 0.05) is 0 Å². The Bertz CT molecular complexity index is 286. The SMILES string of the molecule is CC1CCCCCC1(N)c1ncon1. The molecule has 78 valence electrons. The molecular weight excluding hydrogens is 178 g/mol. The summed E-state index contributed by atoms with van der Waals surface area (Å²) < 4.78 is 4.78. The Balaban J connectivity index is 2.27. The van der Waals surface area contributed by atoms with E-state index in [9.17, 15) is 0 Å². The molecule has 4 nitrogen and oxygen atoms in total. The zero-order chi connectivity index (χ0) is 10.0. The van der Waals surface area contributed by atoms with Crippen molar-refractivity contribution >= 4 is 0 Å². The zero-order valence-electron chi connectivity index (χ0n) is 8.57. The van der Waals surface area contributed by atoms with Crippen molar-refractivity contribution in [1.29, 1.82) is 0 Å². The summed E-state index contributed by atoms with van der Waals surface area (Å²) >= 11 is 0. The van der Waals surface area contributed by atoms with Gasteiger partial charge in [0.15, 0.2) is 5.82 Å². The van der Waals surface area contributed by atoms with Gasteiger partial charge < -0.3 is 10.3 Å². The number of hydrogen-bond acceptors (Lipinski definition) is 4. The van der Waals surface area contributed by atoms with Crippen LogP contribution in [-0.4, -0.2) is 10.1 Å². The van der Waals surface area contributed by atoms with Gasteiger partial charge >= 0.3 is 0 Å². The van der Waals surface area contributed by atoms with Crippen LogP contribution in [-0.2, 0) is 5.54 Å². The molecule has 1 heterocycles. The van der Waals surface area contributed by atoms with Crippen molar-refractivity contribution in [2.75, 3.05) is 0 Å². The van der Waals surface area contributed by atoms with Crippen LogP contribution in [0.1, 0.15) is 44.9 Å². The van der Waals surface area contributed by atoms with E-state index in [4.69, 9.17) is 10.3 Å². The van der Waals surface area contributed by atoms with Gasteiger partial charge in [-0.15, -0.1) is 0 Å². The first-order valence-corrected chi connectivity index (χ1v) is 5.29. The van der Waals surface area contributed by atoms with E-state index >= 15 is 0 Å². The maximum absolute atomic E-state index is 6.38. The molecule has 0 saturated heterocycles. The highest BCUT2D eigenvalue weighted by Crippen LogP contribution is 2.36. The third-order valence-electron chi connectivity index (χ3n) is 3.38. The molecule has 2 N–H and O–H groups in total. The molecule has 1 aliphatic carbocycles. The minimum absolute atomic E-state index is 0.372. The molecule has 4 heteroatoms. The van der Waals surface area contributed by atoms with E-state index in [1.807, 2.05) is 0 Å². The number of aromatic nitrogens is 2. The normalized spacial score (nSPS) is 34.0. The Labute approximate surface area is 83.9 Å². The van der Waals surface area contributed by atoms with Gasteiger partial charge in [-0.3, -0.25) is 0 Å². The summed E-state index contributed by atoms with van der Waals surface area (Å²) in [4.78, 5) is 4.10. The third kappa shape index (κ3) is 1.54. The Morgan fingerprint density at radius 3 is 3.07 bits per heavy atom. The predicted octanol–water partition coefficient (Wildman–Crippen LogP) is 1.82. The van der Waals surface area contributed by atoms with E-state index < -0.39 is 0 Å². The lowest BCUT2D eigenvalue weighted by molar-refractivity contribution is 0.250.